The second kappa shape index (κ2) is 8.16. The molecule has 0 radical (unpaired) electrons. The van der Waals surface area contributed by atoms with Gasteiger partial charge in [-0.05, 0) is 50.2 Å². The first-order chi connectivity index (χ1) is 14.0. The molecule has 2 heterocycles. The van der Waals surface area contributed by atoms with Crippen LogP contribution in [0.15, 0.2) is 60.7 Å². The molecule has 0 bridgehead atoms. The Kier molecular flexibility index (Phi) is 5.43. The smallest absolute Gasteiger partial charge is 0.0938 e. The fraction of sp³-hybridized carbons (Fsp3) is 0.320. The van der Waals surface area contributed by atoms with Crippen LogP contribution in [-0.2, 0) is 0 Å². The van der Waals surface area contributed by atoms with E-state index in [4.69, 9.17) is 4.98 Å². The Bertz CT molecular complexity index is 953. The zero-order valence-electron chi connectivity index (χ0n) is 17.9. The Hall–Kier alpha value is -3.01. The molecule has 1 aromatic heterocycles. The van der Waals surface area contributed by atoms with Gasteiger partial charge in [0.05, 0.1) is 11.4 Å². The predicted octanol–water partition coefficient (Wildman–Crippen LogP) is 4.76. The highest BCUT2D eigenvalue weighted by Crippen LogP contribution is 2.32. The first-order valence-electron chi connectivity index (χ1n) is 10.3. The Morgan fingerprint density at radius 2 is 1.34 bits per heavy atom. The van der Waals surface area contributed by atoms with Crippen LogP contribution >= 0.6 is 0 Å². The summed E-state index contributed by atoms with van der Waals surface area (Å²) in [6.45, 7) is 8.25. The highest BCUT2D eigenvalue weighted by molar-refractivity contribution is 5.76. The lowest BCUT2D eigenvalue weighted by Gasteiger charge is -2.38. The van der Waals surface area contributed by atoms with Gasteiger partial charge in [-0.15, -0.1) is 0 Å². The van der Waals surface area contributed by atoms with Gasteiger partial charge < -0.3 is 14.7 Å². The third-order valence-corrected chi connectivity index (χ3v) is 5.69. The number of hydrogen-bond donors (Lipinski definition) is 0. The Balaban J connectivity index is 1.55. The van der Waals surface area contributed by atoms with Crippen molar-refractivity contribution in [2.24, 2.45) is 0 Å². The molecule has 1 saturated heterocycles. The van der Waals surface area contributed by atoms with Crippen molar-refractivity contribution < 1.29 is 0 Å². The van der Waals surface area contributed by atoms with Gasteiger partial charge in [-0.25, -0.2) is 0 Å². The number of pyridine rings is 1. The summed E-state index contributed by atoms with van der Waals surface area (Å²) in [6, 6.07) is 21.9. The number of piperazine rings is 1. The van der Waals surface area contributed by atoms with Gasteiger partial charge in [0.25, 0.3) is 0 Å². The van der Waals surface area contributed by atoms with Crippen LogP contribution in [0, 0.1) is 13.8 Å². The van der Waals surface area contributed by atoms with E-state index in [1.54, 1.807) is 0 Å². The van der Waals surface area contributed by atoms with Crippen molar-refractivity contribution >= 4 is 17.1 Å². The average molecular weight is 387 g/mol. The zero-order valence-corrected chi connectivity index (χ0v) is 17.9. The van der Waals surface area contributed by atoms with Crippen molar-refractivity contribution in [1.29, 1.82) is 0 Å². The van der Waals surface area contributed by atoms with Crippen LogP contribution in [0.4, 0.5) is 17.1 Å². The standard InChI is InChI=1S/C25H30N4/c1-19-5-10-23(11-6-19)28-15-17-29(18-16-28)24-14-7-20(2)26-25(24)21-8-12-22(13-9-21)27(3)4/h5-14H,15-18H2,1-4H3. The minimum atomic E-state index is 1.00. The summed E-state index contributed by atoms with van der Waals surface area (Å²) < 4.78 is 0. The van der Waals surface area contributed by atoms with Gasteiger partial charge in [0.1, 0.15) is 0 Å². The fourth-order valence-electron chi connectivity index (χ4n) is 3.90. The summed E-state index contributed by atoms with van der Waals surface area (Å²) in [4.78, 5) is 12.0. The van der Waals surface area contributed by atoms with Crippen LogP contribution in [0.1, 0.15) is 11.3 Å². The predicted molar refractivity (Wildman–Crippen MR) is 124 cm³/mol. The number of anilines is 3. The van der Waals surface area contributed by atoms with Crippen LogP contribution in [0.2, 0.25) is 0 Å². The van der Waals surface area contributed by atoms with E-state index in [9.17, 15) is 0 Å². The summed E-state index contributed by atoms with van der Waals surface area (Å²) in [5.41, 5.74) is 8.37. The third kappa shape index (κ3) is 4.21. The molecule has 29 heavy (non-hydrogen) atoms. The quantitative estimate of drug-likeness (QED) is 0.645. The molecular weight excluding hydrogens is 356 g/mol. The lowest BCUT2D eigenvalue weighted by Crippen LogP contribution is -2.46. The minimum absolute atomic E-state index is 1.00. The van der Waals surface area contributed by atoms with Gasteiger partial charge in [-0.3, -0.25) is 4.98 Å². The third-order valence-electron chi connectivity index (χ3n) is 5.69. The van der Waals surface area contributed by atoms with Crippen LogP contribution in [0.3, 0.4) is 0 Å². The van der Waals surface area contributed by atoms with Gasteiger partial charge in [0.2, 0.25) is 0 Å². The summed E-state index contributed by atoms with van der Waals surface area (Å²) in [6.07, 6.45) is 0. The van der Waals surface area contributed by atoms with Crippen molar-refractivity contribution in [3.05, 3.63) is 71.9 Å². The van der Waals surface area contributed by atoms with E-state index >= 15 is 0 Å². The van der Waals surface area contributed by atoms with Gasteiger partial charge in [-0.2, -0.15) is 0 Å². The molecule has 1 fully saturated rings. The molecule has 0 unspecified atom stereocenters. The summed E-state index contributed by atoms with van der Waals surface area (Å²) in [7, 11) is 4.14. The molecule has 0 N–H and O–H groups in total. The number of benzene rings is 2. The Morgan fingerprint density at radius 1 is 0.724 bits per heavy atom. The number of rotatable bonds is 4. The first kappa shape index (κ1) is 19.3. The first-order valence-corrected chi connectivity index (χ1v) is 10.3. The highest BCUT2D eigenvalue weighted by atomic mass is 15.3. The van der Waals surface area contributed by atoms with Crippen molar-refractivity contribution in [3.63, 3.8) is 0 Å². The molecule has 2 aromatic carbocycles. The molecule has 4 heteroatoms. The van der Waals surface area contributed by atoms with E-state index in [1.165, 1.54) is 28.2 Å². The van der Waals surface area contributed by atoms with Crippen LogP contribution in [0.25, 0.3) is 11.3 Å². The normalized spacial score (nSPS) is 14.2. The molecule has 4 nitrogen and oxygen atoms in total. The second-order valence-electron chi connectivity index (χ2n) is 8.07. The molecule has 0 aliphatic carbocycles. The van der Waals surface area contributed by atoms with Crippen LogP contribution in [0.5, 0.6) is 0 Å². The minimum Gasteiger partial charge on any atom is -0.378 e. The number of aromatic nitrogens is 1. The Morgan fingerprint density at radius 3 is 1.97 bits per heavy atom. The maximum atomic E-state index is 4.91. The SMILES string of the molecule is Cc1ccc(N2CCN(c3ccc(C)nc3-c3ccc(N(C)C)cc3)CC2)cc1. The van der Waals surface area contributed by atoms with E-state index in [0.717, 1.165) is 37.6 Å². The van der Waals surface area contributed by atoms with E-state index in [1.807, 2.05) is 0 Å². The molecule has 3 aromatic rings. The molecule has 1 aliphatic rings. The fourth-order valence-corrected chi connectivity index (χ4v) is 3.90. The molecule has 0 amide bonds. The number of aryl methyl sites for hydroxylation is 2. The van der Waals surface area contributed by atoms with E-state index in [-0.39, 0.29) is 0 Å². The molecular formula is C25H30N4. The summed E-state index contributed by atoms with van der Waals surface area (Å²) in [5.74, 6) is 0. The van der Waals surface area contributed by atoms with Crippen LogP contribution in [-0.4, -0.2) is 45.3 Å². The molecule has 1 aliphatic heterocycles. The zero-order chi connectivity index (χ0) is 20.4. The second-order valence-corrected chi connectivity index (χ2v) is 8.07. The monoisotopic (exact) mass is 386 g/mol. The lowest BCUT2D eigenvalue weighted by atomic mass is 10.1. The molecule has 150 valence electrons. The van der Waals surface area contributed by atoms with E-state index < -0.39 is 0 Å². The van der Waals surface area contributed by atoms with Crippen molar-refractivity contribution in [3.8, 4) is 11.3 Å². The van der Waals surface area contributed by atoms with E-state index in [2.05, 4.69) is 103 Å². The summed E-state index contributed by atoms with van der Waals surface area (Å²) in [5, 5.41) is 0. The topological polar surface area (TPSA) is 22.6 Å². The molecule has 0 spiro atoms. The van der Waals surface area contributed by atoms with Gasteiger partial charge in [-0.1, -0.05) is 29.8 Å². The molecule has 4 rings (SSSR count). The number of nitrogens with zero attached hydrogens (tertiary/aromatic N) is 4. The maximum Gasteiger partial charge on any atom is 0.0938 e. The highest BCUT2D eigenvalue weighted by Gasteiger charge is 2.21. The van der Waals surface area contributed by atoms with Gasteiger partial charge >= 0.3 is 0 Å². The van der Waals surface area contributed by atoms with Crippen molar-refractivity contribution in [1.82, 2.24) is 4.98 Å². The average Bonchev–Trinajstić information content (AvgIpc) is 2.74. The molecule has 0 saturated carbocycles. The lowest BCUT2D eigenvalue weighted by molar-refractivity contribution is 0.653. The van der Waals surface area contributed by atoms with Crippen molar-refractivity contribution in [2.75, 3.05) is 55.0 Å². The number of hydrogen-bond acceptors (Lipinski definition) is 4. The Labute approximate surface area is 174 Å². The van der Waals surface area contributed by atoms with Crippen LogP contribution < -0.4 is 14.7 Å². The van der Waals surface area contributed by atoms with Crippen molar-refractivity contribution in [2.45, 2.75) is 13.8 Å². The van der Waals surface area contributed by atoms with E-state index in [0.29, 0.717) is 0 Å². The van der Waals surface area contributed by atoms with Gasteiger partial charge in [0, 0.05) is 62.9 Å². The molecule has 0 atom stereocenters. The maximum absolute atomic E-state index is 4.91. The van der Waals surface area contributed by atoms with Gasteiger partial charge in [0.15, 0.2) is 0 Å². The summed E-state index contributed by atoms with van der Waals surface area (Å²) >= 11 is 0. The largest absolute Gasteiger partial charge is 0.378 e.